The van der Waals surface area contributed by atoms with E-state index in [0.29, 0.717) is 5.76 Å². The smallest absolute Gasteiger partial charge is 0.335 e. The van der Waals surface area contributed by atoms with Gasteiger partial charge in [-0.15, -0.1) is 0 Å². The first-order chi connectivity index (χ1) is 8.97. The molecule has 0 spiro atoms. The lowest BCUT2D eigenvalue weighted by Gasteiger charge is -2.11. The predicted molar refractivity (Wildman–Crippen MR) is 64.2 cm³/mol. The molecule has 0 aliphatic heterocycles. The van der Waals surface area contributed by atoms with Crippen LogP contribution in [0.1, 0.15) is 26.7 Å². The number of nitrogens with one attached hydrogen (secondary N) is 1. The average molecular weight is 260 g/mol. The second kappa shape index (κ2) is 4.85. The first kappa shape index (κ1) is 12.7. The quantitative estimate of drug-likeness (QED) is 0.872. The number of hydrogen-bond donors (Lipinski definition) is 2. The number of hydrogen-bond acceptors (Lipinski definition) is 4. The summed E-state index contributed by atoms with van der Waals surface area (Å²) >= 11 is 0. The van der Waals surface area contributed by atoms with Crippen LogP contribution < -0.4 is 10.4 Å². The number of aromatic carboxylic acids is 1. The number of carboxylic acids is 1. The Labute approximate surface area is 108 Å². The van der Waals surface area contributed by atoms with E-state index < -0.39 is 23.2 Å². The molecule has 0 aliphatic carbocycles. The van der Waals surface area contributed by atoms with Crippen LogP contribution in [0.3, 0.4) is 0 Å². The Hall–Kier alpha value is -2.76. The standard InChI is InChI=1S/C13H11NO5/c1-7-2-5-11(19-7)12(16)14-8-3-4-10(15)9(6-8)13(17)18/h2-6,15H,1H3,(H,14,16)(H,17,18)/p-1. The SMILES string of the molecule is Cc1ccc(C(=O)Nc2ccc([O-])c(C(=O)O)c2)o1. The number of benzene rings is 1. The lowest BCUT2D eigenvalue weighted by Crippen LogP contribution is -2.12. The first-order valence-corrected chi connectivity index (χ1v) is 5.39. The monoisotopic (exact) mass is 260 g/mol. The van der Waals surface area contributed by atoms with E-state index in [4.69, 9.17) is 9.52 Å². The number of rotatable bonds is 3. The molecule has 1 aromatic heterocycles. The number of anilines is 1. The number of carbonyl (C=O) groups is 2. The fourth-order valence-electron chi connectivity index (χ4n) is 1.52. The van der Waals surface area contributed by atoms with Gasteiger partial charge in [-0.2, -0.15) is 0 Å². The van der Waals surface area contributed by atoms with Crippen molar-refractivity contribution in [3.8, 4) is 5.75 Å². The van der Waals surface area contributed by atoms with Gasteiger partial charge in [0, 0.05) is 5.69 Å². The Kier molecular flexibility index (Phi) is 3.24. The molecule has 98 valence electrons. The number of aryl methyl sites for hydroxylation is 1. The summed E-state index contributed by atoms with van der Waals surface area (Å²) in [6.45, 7) is 1.70. The van der Waals surface area contributed by atoms with E-state index in [9.17, 15) is 14.7 Å². The average Bonchev–Trinajstić information content (AvgIpc) is 2.78. The van der Waals surface area contributed by atoms with Crippen LogP contribution in [0.4, 0.5) is 5.69 Å². The number of carbonyl (C=O) groups excluding carboxylic acids is 1. The summed E-state index contributed by atoms with van der Waals surface area (Å²) in [5, 5.41) is 22.5. The van der Waals surface area contributed by atoms with Crippen molar-refractivity contribution in [1.82, 2.24) is 0 Å². The Morgan fingerprint density at radius 1 is 1.26 bits per heavy atom. The molecular formula is C13H10NO5-. The molecule has 0 unspecified atom stereocenters. The summed E-state index contributed by atoms with van der Waals surface area (Å²) in [7, 11) is 0. The molecule has 6 nitrogen and oxygen atoms in total. The minimum Gasteiger partial charge on any atom is -0.872 e. The van der Waals surface area contributed by atoms with E-state index in [-0.39, 0.29) is 11.4 Å². The van der Waals surface area contributed by atoms with Crippen molar-refractivity contribution in [3.63, 3.8) is 0 Å². The topological polar surface area (TPSA) is 103 Å². The van der Waals surface area contributed by atoms with Crippen molar-refractivity contribution in [2.75, 3.05) is 5.32 Å². The molecule has 2 rings (SSSR count). The van der Waals surface area contributed by atoms with Crippen LogP contribution in [0.5, 0.6) is 5.75 Å². The highest BCUT2D eigenvalue weighted by Gasteiger charge is 2.11. The molecule has 6 heteroatoms. The molecule has 19 heavy (non-hydrogen) atoms. The fraction of sp³-hybridized carbons (Fsp3) is 0.0769. The van der Waals surface area contributed by atoms with Gasteiger partial charge in [0.15, 0.2) is 5.76 Å². The normalized spacial score (nSPS) is 10.2. The zero-order chi connectivity index (χ0) is 14.0. The Morgan fingerprint density at radius 3 is 2.58 bits per heavy atom. The van der Waals surface area contributed by atoms with Crippen LogP contribution in [0.25, 0.3) is 0 Å². The van der Waals surface area contributed by atoms with E-state index in [2.05, 4.69) is 5.32 Å². The zero-order valence-electron chi connectivity index (χ0n) is 9.97. The summed E-state index contributed by atoms with van der Waals surface area (Å²) in [5.74, 6) is -1.76. The van der Waals surface area contributed by atoms with Crippen LogP contribution in [0, 0.1) is 6.92 Å². The summed E-state index contributed by atoms with van der Waals surface area (Å²) < 4.78 is 5.13. The molecule has 1 aromatic carbocycles. The summed E-state index contributed by atoms with van der Waals surface area (Å²) in [6.07, 6.45) is 0. The second-order valence-electron chi connectivity index (χ2n) is 3.88. The van der Waals surface area contributed by atoms with Crippen LogP contribution in [-0.4, -0.2) is 17.0 Å². The third kappa shape index (κ3) is 2.74. The van der Waals surface area contributed by atoms with Gasteiger partial charge in [0.2, 0.25) is 0 Å². The molecule has 0 atom stereocenters. The molecule has 2 aromatic rings. The van der Waals surface area contributed by atoms with Crippen molar-refractivity contribution < 1.29 is 24.2 Å². The summed E-state index contributed by atoms with van der Waals surface area (Å²) in [6, 6.07) is 6.68. The Morgan fingerprint density at radius 2 is 2.00 bits per heavy atom. The molecule has 2 N–H and O–H groups in total. The van der Waals surface area contributed by atoms with Gasteiger partial charge >= 0.3 is 5.97 Å². The number of furan rings is 1. The van der Waals surface area contributed by atoms with Crippen molar-refractivity contribution in [2.45, 2.75) is 6.92 Å². The molecule has 0 bridgehead atoms. The van der Waals surface area contributed by atoms with Crippen molar-refractivity contribution >= 4 is 17.6 Å². The predicted octanol–water partition coefficient (Wildman–Crippen LogP) is 1.61. The third-order valence-corrected chi connectivity index (χ3v) is 2.43. The van der Waals surface area contributed by atoms with Crippen LogP contribution in [-0.2, 0) is 0 Å². The maximum Gasteiger partial charge on any atom is 0.335 e. The Balaban J connectivity index is 2.22. The largest absolute Gasteiger partial charge is 0.872 e. The molecular weight excluding hydrogens is 250 g/mol. The van der Waals surface area contributed by atoms with Crippen LogP contribution in [0.15, 0.2) is 34.7 Å². The third-order valence-electron chi connectivity index (χ3n) is 2.43. The number of amides is 1. The van der Waals surface area contributed by atoms with E-state index in [1.807, 2.05) is 0 Å². The second-order valence-corrected chi connectivity index (χ2v) is 3.88. The maximum atomic E-state index is 11.8. The first-order valence-electron chi connectivity index (χ1n) is 5.39. The minimum absolute atomic E-state index is 0.112. The highest BCUT2D eigenvalue weighted by Crippen LogP contribution is 2.20. The number of carboxylic acid groups (broad SMARTS) is 1. The van der Waals surface area contributed by atoms with Crippen molar-refractivity contribution in [1.29, 1.82) is 0 Å². The minimum atomic E-state index is -1.34. The van der Waals surface area contributed by atoms with E-state index in [0.717, 1.165) is 12.1 Å². The van der Waals surface area contributed by atoms with Crippen LogP contribution in [0.2, 0.25) is 0 Å². The maximum absolute atomic E-state index is 11.8. The van der Waals surface area contributed by atoms with Crippen molar-refractivity contribution in [2.24, 2.45) is 0 Å². The van der Waals surface area contributed by atoms with Gasteiger partial charge in [-0.3, -0.25) is 4.79 Å². The lowest BCUT2D eigenvalue weighted by atomic mass is 10.2. The molecule has 1 heterocycles. The van der Waals surface area contributed by atoms with Gasteiger partial charge in [0.05, 0.1) is 5.56 Å². The molecule has 1 amide bonds. The molecule has 0 fully saturated rings. The van der Waals surface area contributed by atoms with Gasteiger partial charge in [-0.25, -0.2) is 4.79 Å². The van der Waals surface area contributed by atoms with Gasteiger partial charge in [0.1, 0.15) is 5.76 Å². The van der Waals surface area contributed by atoms with Crippen molar-refractivity contribution in [3.05, 3.63) is 47.4 Å². The van der Waals surface area contributed by atoms with Crippen LogP contribution >= 0.6 is 0 Å². The highest BCUT2D eigenvalue weighted by molar-refractivity contribution is 6.03. The van der Waals surface area contributed by atoms with E-state index in [1.165, 1.54) is 12.1 Å². The van der Waals surface area contributed by atoms with Gasteiger partial charge < -0.3 is 19.9 Å². The van der Waals surface area contributed by atoms with E-state index >= 15 is 0 Å². The molecule has 0 saturated carbocycles. The Bertz CT molecular complexity index is 644. The van der Waals surface area contributed by atoms with Gasteiger partial charge in [-0.1, -0.05) is 11.8 Å². The van der Waals surface area contributed by atoms with Gasteiger partial charge in [0.25, 0.3) is 5.91 Å². The van der Waals surface area contributed by atoms with Gasteiger partial charge in [-0.05, 0) is 31.2 Å². The zero-order valence-corrected chi connectivity index (χ0v) is 9.97. The fourth-order valence-corrected chi connectivity index (χ4v) is 1.52. The highest BCUT2D eigenvalue weighted by atomic mass is 16.4. The summed E-state index contributed by atoms with van der Waals surface area (Å²) in [4.78, 5) is 22.6. The van der Waals surface area contributed by atoms with E-state index in [1.54, 1.807) is 13.0 Å². The molecule has 0 saturated heterocycles. The lowest BCUT2D eigenvalue weighted by molar-refractivity contribution is -0.268. The molecule has 0 aliphatic rings. The summed E-state index contributed by atoms with van der Waals surface area (Å²) in [5.41, 5.74) is -0.176. The molecule has 0 radical (unpaired) electrons.